The lowest BCUT2D eigenvalue weighted by Gasteiger charge is -2.10. The van der Waals surface area contributed by atoms with Crippen molar-refractivity contribution in [2.75, 3.05) is 13.2 Å². The van der Waals surface area contributed by atoms with Crippen LogP contribution < -0.4 is 11.1 Å². The second kappa shape index (κ2) is 8.72. The molecular formula is C13H22N2O3. The van der Waals surface area contributed by atoms with Gasteiger partial charge in [0, 0.05) is 13.2 Å². The molecule has 0 saturated carbocycles. The Hall–Kier alpha value is -1.33. The van der Waals surface area contributed by atoms with Gasteiger partial charge in [-0.25, -0.2) is 0 Å². The number of ether oxygens (including phenoxy) is 1. The highest BCUT2D eigenvalue weighted by atomic mass is 16.5. The summed E-state index contributed by atoms with van der Waals surface area (Å²) >= 11 is 0. The van der Waals surface area contributed by atoms with Gasteiger partial charge in [-0.2, -0.15) is 0 Å². The first-order valence-corrected chi connectivity index (χ1v) is 6.37. The predicted octanol–water partition coefficient (Wildman–Crippen LogP) is 1.43. The Morgan fingerprint density at radius 1 is 1.61 bits per heavy atom. The smallest absolute Gasteiger partial charge is 0.236 e. The van der Waals surface area contributed by atoms with E-state index < -0.39 is 0 Å². The highest BCUT2D eigenvalue weighted by Crippen LogP contribution is 2.01. The first-order chi connectivity index (χ1) is 8.74. The first-order valence-electron chi connectivity index (χ1n) is 6.37. The molecule has 1 atom stereocenters. The summed E-state index contributed by atoms with van der Waals surface area (Å²) in [6.07, 6.45) is 4.03. The van der Waals surface area contributed by atoms with Crippen LogP contribution in [0.1, 0.15) is 31.9 Å². The first kappa shape index (κ1) is 14.7. The largest absolute Gasteiger partial charge is 0.467 e. The summed E-state index contributed by atoms with van der Waals surface area (Å²) in [5.41, 5.74) is 5.68. The lowest BCUT2D eigenvalue weighted by atomic mass is 10.2. The number of carbonyl (C=O) groups is 1. The van der Waals surface area contributed by atoms with Crippen molar-refractivity contribution in [3.63, 3.8) is 0 Å². The summed E-state index contributed by atoms with van der Waals surface area (Å²) in [7, 11) is 0. The number of carbonyl (C=O) groups excluding carboxylic acids is 1. The van der Waals surface area contributed by atoms with E-state index >= 15 is 0 Å². The van der Waals surface area contributed by atoms with Gasteiger partial charge in [-0.15, -0.1) is 0 Å². The van der Waals surface area contributed by atoms with Gasteiger partial charge in [-0.3, -0.25) is 4.79 Å². The minimum Gasteiger partial charge on any atom is -0.467 e. The molecule has 0 aliphatic carbocycles. The van der Waals surface area contributed by atoms with E-state index in [1.165, 1.54) is 0 Å². The molecule has 0 fully saturated rings. The summed E-state index contributed by atoms with van der Waals surface area (Å²) in [4.78, 5) is 11.5. The molecule has 0 radical (unpaired) electrons. The highest BCUT2D eigenvalue weighted by Gasteiger charge is 2.10. The predicted molar refractivity (Wildman–Crippen MR) is 68.9 cm³/mol. The Bertz CT molecular complexity index is 325. The van der Waals surface area contributed by atoms with Gasteiger partial charge >= 0.3 is 0 Å². The molecule has 18 heavy (non-hydrogen) atoms. The van der Waals surface area contributed by atoms with Gasteiger partial charge in [0.05, 0.1) is 12.3 Å². The van der Waals surface area contributed by atoms with Gasteiger partial charge in [0.25, 0.3) is 0 Å². The van der Waals surface area contributed by atoms with Crippen molar-refractivity contribution in [2.45, 2.75) is 38.8 Å². The Morgan fingerprint density at radius 3 is 3.11 bits per heavy atom. The standard InChI is InChI=1S/C13H22N2O3/c1-2-5-12(14)13(16)15-7-4-8-17-10-11-6-3-9-18-11/h3,6,9,12H,2,4-5,7-8,10,14H2,1H3,(H,15,16). The molecule has 0 aliphatic heterocycles. The zero-order valence-corrected chi connectivity index (χ0v) is 10.9. The Kier molecular flexibility index (Phi) is 7.13. The van der Waals surface area contributed by atoms with E-state index in [1.54, 1.807) is 6.26 Å². The molecule has 3 N–H and O–H groups in total. The van der Waals surface area contributed by atoms with Crippen molar-refractivity contribution in [3.05, 3.63) is 24.2 Å². The third-order valence-corrected chi connectivity index (χ3v) is 2.53. The number of amides is 1. The van der Waals surface area contributed by atoms with E-state index in [9.17, 15) is 4.79 Å². The van der Waals surface area contributed by atoms with E-state index in [1.807, 2.05) is 19.1 Å². The average molecular weight is 254 g/mol. The third-order valence-electron chi connectivity index (χ3n) is 2.53. The SMILES string of the molecule is CCCC(N)C(=O)NCCCOCc1ccco1. The van der Waals surface area contributed by atoms with Crippen LogP contribution in [0.3, 0.4) is 0 Å². The van der Waals surface area contributed by atoms with Gasteiger partial charge in [-0.05, 0) is 25.0 Å². The molecule has 1 heterocycles. The van der Waals surface area contributed by atoms with Crippen LogP contribution in [0.5, 0.6) is 0 Å². The quantitative estimate of drug-likeness (QED) is 0.653. The van der Waals surface area contributed by atoms with Crippen molar-refractivity contribution in [2.24, 2.45) is 5.73 Å². The molecule has 102 valence electrons. The number of hydrogen-bond acceptors (Lipinski definition) is 4. The fourth-order valence-electron chi connectivity index (χ4n) is 1.53. The Labute approximate surface area is 108 Å². The number of nitrogens with one attached hydrogen (secondary N) is 1. The summed E-state index contributed by atoms with van der Waals surface area (Å²) in [6, 6.07) is 3.30. The summed E-state index contributed by atoms with van der Waals surface area (Å²) in [5, 5.41) is 2.79. The molecule has 0 aromatic carbocycles. The van der Waals surface area contributed by atoms with Gasteiger partial charge in [0.2, 0.25) is 5.91 Å². The minimum atomic E-state index is -0.390. The van der Waals surface area contributed by atoms with Gasteiger partial charge in [0.1, 0.15) is 12.4 Å². The Morgan fingerprint density at radius 2 is 2.44 bits per heavy atom. The van der Waals surface area contributed by atoms with E-state index in [2.05, 4.69) is 5.32 Å². The zero-order chi connectivity index (χ0) is 13.2. The molecule has 1 aromatic rings. The molecule has 5 heteroatoms. The molecular weight excluding hydrogens is 232 g/mol. The van der Waals surface area contributed by atoms with Crippen LogP contribution in [-0.4, -0.2) is 25.1 Å². The van der Waals surface area contributed by atoms with Crippen molar-refractivity contribution >= 4 is 5.91 Å². The zero-order valence-electron chi connectivity index (χ0n) is 10.9. The van der Waals surface area contributed by atoms with E-state index in [0.717, 1.165) is 25.0 Å². The van der Waals surface area contributed by atoms with Crippen LogP contribution in [-0.2, 0) is 16.1 Å². The number of nitrogens with two attached hydrogens (primary N) is 1. The molecule has 1 aromatic heterocycles. The molecule has 1 unspecified atom stereocenters. The monoisotopic (exact) mass is 254 g/mol. The second-order valence-electron chi connectivity index (χ2n) is 4.17. The summed E-state index contributed by atoms with van der Waals surface area (Å²) in [6.45, 7) is 3.66. The fraction of sp³-hybridized carbons (Fsp3) is 0.615. The maximum Gasteiger partial charge on any atom is 0.236 e. The summed E-state index contributed by atoms with van der Waals surface area (Å²) in [5.74, 6) is 0.729. The third kappa shape index (κ3) is 5.84. The molecule has 5 nitrogen and oxygen atoms in total. The van der Waals surface area contributed by atoms with Crippen molar-refractivity contribution in [1.82, 2.24) is 5.32 Å². The molecule has 0 aliphatic rings. The molecule has 0 spiro atoms. The van der Waals surface area contributed by atoms with Gasteiger partial charge in [-0.1, -0.05) is 13.3 Å². The van der Waals surface area contributed by atoms with Crippen molar-refractivity contribution in [3.8, 4) is 0 Å². The van der Waals surface area contributed by atoms with Crippen molar-refractivity contribution < 1.29 is 13.9 Å². The molecule has 1 amide bonds. The van der Waals surface area contributed by atoms with Crippen LogP contribution in [0, 0.1) is 0 Å². The number of furan rings is 1. The maximum absolute atomic E-state index is 11.5. The van der Waals surface area contributed by atoms with Crippen LogP contribution in [0.25, 0.3) is 0 Å². The van der Waals surface area contributed by atoms with Crippen LogP contribution in [0.15, 0.2) is 22.8 Å². The second-order valence-corrected chi connectivity index (χ2v) is 4.17. The lowest BCUT2D eigenvalue weighted by Crippen LogP contribution is -2.40. The van der Waals surface area contributed by atoms with Crippen LogP contribution in [0.4, 0.5) is 0 Å². The average Bonchev–Trinajstić information content (AvgIpc) is 2.86. The van der Waals surface area contributed by atoms with Crippen LogP contribution in [0.2, 0.25) is 0 Å². The molecule has 1 rings (SSSR count). The maximum atomic E-state index is 11.5. The van der Waals surface area contributed by atoms with E-state index in [-0.39, 0.29) is 11.9 Å². The normalized spacial score (nSPS) is 12.3. The fourth-order valence-corrected chi connectivity index (χ4v) is 1.53. The van der Waals surface area contributed by atoms with Gasteiger partial charge in [0.15, 0.2) is 0 Å². The molecule has 0 saturated heterocycles. The minimum absolute atomic E-state index is 0.0807. The van der Waals surface area contributed by atoms with E-state index in [4.69, 9.17) is 14.9 Å². The molecule has 0 bridgehead atoms. The lowest BCUT2D eigenvalue weighted by molar-refractivity contribution is -0.122. The highest BCUT2D eigenvalue weighted by molar-refractivity contribution is 5.81. The van der Waals surface area contributed by atoms with E-state index in [0.29, 0.717) is 19.8 Å². The number of rotatable bonds is 9. The van der Waals surface area contributed by atoms with Crippen LogP contribution >= 0.6 is 0 Å². The number of hydrogen-bond donors (Lipinski definition) is 2. The van der Waals surface area contributed by atoms with Crippen molar-refractivity contribution in [1.29, 1.82) is 0 Å². The summed E-state index contributed by atoms with van der Waals surface area (Å²) < 4.78 is 10.5. The van der Waals surface area contributed by atoms with Gasteiger partial charge < -0.3 is 20.2 Å². The Balaban J connectivity index is 1.96. The topological polar surface area (TPSA) is 77.5 Å².